The zero-order chi connectivity index (χ0) is 11.7. The van der Waals surface area contributed by atoms with Gasteiger partial charge in [-0.15, -0.1) is 0 Å². The maximum absolute atomic E-state index is 11.0. The van der Waals surface area contributed by atoms with E-state index in [-0.39, 0.29) is 12.8 Å². The van der Waals surface area contributed by atoms with Crippen LogP contribution in [0.1, 0.15) is 6.42 Å². The minimum atomic E-state index is -0.743. The third-order valence-corrected chi connectivity index (χ3v) is 1.30. The van der Waals surface area contributed by atoms with Crippen molar-refractivity contribution in [3.05, 3.63) is 24.3 Å². The first-order valence-corrected chi connectivity index (χ1v) is 3.97. The molecule has 80 valence electrons. The molecule has 0 fully saturated rings. The highest BCUT2D eigenvalue weighted by Crippen LogP contribution is 1.89. The van der Waals surface area contributed by atoms with E-state index in [0.29, 0.717) is 11.3 Å². The van der Waals surface area contributed by atoms with Gasteiger partial charge in [-0.2, -0.15) is 0 Å². The molecule has 0 radical (unpaired) electrons. The lowest BCUT2D eigenvalue weighted by atomic mass is 10.3. The number of hydrogen-bond acceptors (Lipinski definition) is 4. The Morgan fingerprint density at radius 2 is 1.60 bits per heavy atom. The Morgan fingerprint density at radius 1 is 1.07 bits per heavy atom. The third kappa shape index (κ3) is 5.92. The van der Waals surface area contributed by atoms with E-state index in [0.717, 1.165) is 12.2 Å². The second-order valence-corrected chi connectivity index (χ2v) is 2.40. The van der Waals surface area contributed by atoms with Gasteiger partial charge in [-0.1, -0.05) is 12.2 Å². The fourth-order valence-corrected chi connectivity index (χ4v) is 0.646. The Labute approximate surface area is 86.0 Å². The van der Waals surface area contributed by atoms with Gasteiger partial charge < -0.3 is 5.73 Å². The average molecular weight is 210 g/mol. The molecule has 0 aromatic carbocycles. The Hall–Kier alpha value is -2.24. The van der Waals surface area contributed by atoms with Gasteiger partial charge in [0, 0.05) is 6.08 Å². The number of primary amides is 1. The van der Waals surface area contributed by atoms with Gasteiger partial charge in [0.2, 0.25) is 18.7 Å². The summed E-state index contributed by atoms with van der Waals surface area (Å²) in [6.07, 6.45) is 5.55. The molecule has 0 aliphatic heterocycles. The summed E-state index contributed by atoms with van der Waals surface area (Å²) in [6, 6.07) is 0. The van der Waals surface area contributed by atoms with E-state index in [1.54, 1.807) is 0 Å². The lowest BCUT2D eigenvalue weighted by Gasteiger charge is -2.00. The summed E-state index contributed by atoms with van der Waals surface area (Å²) in [4.78, 5) is 41.8. The van der Waals surface area contributed by atoms with Crippen molar-refractivity contribution >= 4 is 24.6 Å². The van der Waals surface area contributed by atoms with E-state index in [9.17, 15) is 19.2 Å². The van der Waals surface area contributed by atoms with Crippen molar-refractivity contribution in [2.45, 2.75) is 6.42 Å². The highest BCUT2D eigenvalue weighted by atomic mass is 16.2. The van der Waals surface area contributed by atoms with Crippen molar-refractivity contribution < 1.29 is 19.2 Å². The fourth-order valence-electron chi connectivity index (χ4n) is 0.646. The van der Waals surface area contributed by atoms with Gasteiger partial charge in [0.25, 0.3) is 5.91 Å². The Kier molecular flexibility index (Phi) is 6.12. The first-order chi connectivity index (χ1) is 7.11. The van der Waals surface area contributed by atoms with Crippen LogP contribution in [-0.4, -0.2) is 29.5 Å². The molecule has 0 aromatic rings. The number of nitrogens with two attached hydrogens (primary N) is 1. The minimum absolute atomic E-state index is 0.110. The van der Waals surface area contributed by atoms with Gasteiger partial charge in [0.1, 0.15) is 0 Å². The number of amides is 4. The molecule has 0 saturated carbocycles. The summed E-state index contributed by atoms with van der Waals surface area (Å²) in [5, 5.41) is 0. The first kappa shape index (κ1) is 12.8. The zero-order valence-corrected chi connectivity index (χ0v) is 7.83. The van der Waals surface area contributed by atoms with E-state index >= 15 is 0 Å². The normalized spacial score (nSPS) is 10.4. The van der Waals surface area contributed by atoms with Crippen LogP contribution in [0.2, 0.25) is 0 Å². The monoisotopic (exact) mass is 210 g/mol. The zero-order valence-electron chi connectivity index (χ0n) is 7.83. The Bertz CT molecular complexity index is 312. The van der Waals surface area contributed by atoms with Crippen molar-refractivity contribution in [1.82, 2.24) is 4.90 Å². The highest BCUT2D eigenvalue weighted by Gasteiger charge is 2.05. The number of nitrogens with zero attached hydrogens (tertiary/aromatic N) is 1. The van der Waals surface area contributed by atoms with E-state index < -0.39 is 11.8 Å². The van der Waals surface area contributed by atoms with E-state index in [4.69, 9.17) is 5.73 Å². The highest BCUT2D eigenvalue weighted by molar-refractivity contribution is 6.02. The van der Waals surface area contributed by atoms with Crippen LogP contribution in [0, 0.1) is 0 Å². The number of allylic oxidation sites excluding steroid dienone is 2. The molecule has 0 aromatic heterocycles. The van der Waals surface area contributed by atoms with E-state index in [1.807, 2.05) is 0 Å². The van der Waals surface area contributed by atoms with Crippen molar-refractivity contribution in [3.63, 3.8) is 0 Å². The largest absolute Gasteiger partial charge is 0.366 e. The standard InChI is InChI=1S/C9H10N2O4/c10-8(14)4-2-1-3-5-9(15)11(6-12)7-13/h2-7H,1H2,(H2,10,14). The molecule has 2 N–H and O–H groups in total. The maximum atomic E-state index is 11.0. The molecule has 0 unspecified atom stereocenters. The molecule has 15 heavy (non-hydrogen) atoms. The maximum Gasteiger partial charge on any atom is 0.259 e. The number of hydrogen-bond donors (Lipinski definition) is 1. The van der Waals surface area contributed by atoms with Crippen LogP contribution in [-0.2, 0) is 19.2 Å². The van der Waals surface area contributed by atoms with Crippen LogP contribution in [0.4, 0.5) is 0 Å². The molecule has 0 aliphatic carbocycles. The van der Waals surface area contributed by atoms with Crippen LogP contribution in [0.25, 0.3) is 0 Å². The summed E-state index contributed by atoms with van der Waals surface area (Å²) in [6.45, 7) is 0. The first-order valence-electron chi connectivity index (χ1n) is 3.97. The molecule has 0 rings (SSSR count). The second kappa shape index (κ2) is 7.19. The lowest BCUT2D eigenvalue weighted by molar-refractivity contribution is -0.140. The quantitative estimate of drug-likeness (QED) is 0.454. The predicted molar refractivity (Wildman–Crippen MR) is 51.1 cm³/mol. The molecular weight excluding hydrogens is 200 g/mol. The number of rotatable bonds is 6. The van der Waals surface area contributed by atoms with Gasteiger partial charge >= 0.3 is 0 Å². The smallest absolute Gasteiger partial charge is 0.259 e. The molecule has 0 spiro atoms. The summed E-state index contributed by atoms with van der Waals surface area (Å²) in [7, 11) is 0. The fraction of sp³-hybridized carbons (Fsp3) is 0.111. The van der Waals surface area contributed by atoms with Gasteiger partial charge in [0.05, 0.1) is 0 Å². The van der Waals surface area contributed by atoms with Gasteiger partial charge in [0.15, 0.2) is 0 Å². The molecule has 4 amide bonds. The summed E-state index contributed by atoms with van der Waals surface area (Å²) in [5.74, 6) is -1.33. The van der Waals surface area contributed by atoms with Crippen molar-refractivity contribution in [3.8, 4) is 0 Å². The van der Waals surface area contributed by atoms with Crippen LogP contribution in [0.15, 0.2) is 24.3 Å². The molecule has 0 bridgehead atoms. The van der Waals surface area contributed by atoms with Crippen LogP contribution in [0.3, 0.4) is 0 Å². The van der Waals surface area contributed by atoms with Crippen molar-refractivity contribution in [1.29, 1.82) is 0 Å². The molecule has 0 heterocycles. The number of carbonyl (C=O) groups excluding carboxylic acids is 4. The van der Waals surface area contributed by atoms with Gasteiger partial charge in [-0.3, -0.25) is 19.2 Å². The predicted octanol–water partition coefficient (Wildman–Crippen LogP) is -0.884. The average Bonchev–Trinajstić information content (AvgIpc) is 2.18. The van der Waals surface area contributed by atoms with Gasteiger partial charge in [-0.25, -0.2) is 4.90 Å². The number of imide groups is 3. The van der Waals surface area contributed by atoms with Crippen molar-refractivity contribution in [2.24, 2.45) is 5.73 Å². The summed E-state index contributed by atoms with van der Waals surface area (Å²) in [5.41, 5.74) is 4.81. The SMILES string of the molecule is NC(=O)C=CCC=CC(=O)N(C=O)C=O. The van der Waals surface area contributed by atoms with Crippen LogP contribution >= 0.6 is 0 Å². The molecular formula is C9H10N2O4. The number of carbonyl (C=O) groups is 4. The van der Waals surface area contributed by atoms with E-state index in [1.165, 1.54) is 12.2 Å². The van der Waals surface area contributed by atoms with Gasteiger partial charge in [-0.05, 0) is 12.5 Å². The molecule has 6 nitrogen and oxygen atoms in total. The topological polar surface area (TPSA) is 97.5 Å². The van der Waals surface area contributed by atoms with Crippen molar-refractivity contribution in [2.75, 3.05) is 0 Å². The molecule has 0 atom stereocenters. The lowest BCUT2D eigenvalue weighted by Crippen LogP contribution is -2.25. The molecule has 6 heteroatoms. The Balaban J connectivity index is 4.06. The Morgan fingerprint density at radius 3 is 2.07 bits per heavy atom. The molecule has 0 aliphatic rings. The second-order valence-electron chi connectivity index (χ2n) is 2.40. The summed E-state index contributed by atoms with van der Waals surface area (Å²) >= 11 is 0. The summed E-state index contributed by atoms with van der Waals surface area (Å²) < 4.78 is 0. The van der Waals surface area contributed by atoms with Crippen LogP contribution in [0.5, 0.6) is 0 Å². The third-order valence-electron chi connectivity index (χ3n) is 1.30. The van der Waals surface area contributed by atoms with Crippen LogP contribution < -0.4 is 5.73 Å². The van der Waals surface area contributed by atoms with E-state index in [2.05, 4.69) is 0 Å². The minimum Gasteiger partial charge on any atom is -0.366 e. The molecule has 0 saturated heterocycles.